The number of carbonyl (C=O) groups excluding carboxylic acids is 1. The van der Waals surface area contributed by atoms with Crippen molar-refractivity contribution in [1.29, 1.82) is 0 Å². The highest BCUT2D eigenvalue weighted by Gasteiger charge is 2.47. The van der Waals surface area contributed by atoms with Crippen LogP contribution in [0.2, 0.25) is 0 Å². The van der Waals surface area contributed by atoms with Gasteiger partial charge in [-0.15, -0.1) is 0 Å². The van der Waals surface area contributed by atoms with Gasteiger partial charge in [0.15, 0.2) is 0 Å². The van der Waals surface area contributed by atoms with Gasteiger partial charge in [0.1, 0.15) is 11.1 Å². The molecule has 42 heavy (non-hydrogen) atoms. The van der Waals surface area contributed by atoms with Crippen molar-refractivity contribution < 1.29 is 4.79 Å². The molecule has 0 fully saturated rings. The lowest BCUT2D eigenvalue weighted by molar-refractivity contribution is 0.227. The van der Waals surface area contributed by atoms with E-state index in [4.69, 9.17) is 0 Å². The number of amides is 2. The number of rotatable bonds is 6. The van der Waals surface area contributed by atoms with Crippen LogP contribution in [0, 0.1) is 0 Å². The summed E-state index contributed by atoms with van der Waals surface area (Å²) < 4.78 is 0. The number of hydrogen-bond donors (Lipinski definition) is 2. The van der Waals surface area contributed by atoms with Crippen molar-refractivity contribution in [2.24, 2.45) is 0 Å². The molecule has 0 aliphatic heterocycles. The van der Waals surface area contributed by atoms with Crippen LogP contribution in [0.1, 0.15) is 33.4 Å². The van der Waals surface area contributed by atoms with Gasteiger partial charge in [-0.1, -0.05) is 170 Å². The number of hydrogen-bond acceptors (Lipinski definition) is 1. The van der Waals surface area contributed by atoms with E-state index >= 15 is 0 Å². The molecule has 3 nitrogen and oxygen atoms in total. The van der Waals surface area contributed by atoms with E-state index < -0.39 is 11.1 Å². The molecule has 7 rings (SSSR count). The summed E-state index contributed by atoms with van der Waals surface area (Å²) >= 11 is 0. The Bertz CT molecular complexity index is 1620. The molecule has 202 valence electrons. The smallest absolute Gasteiger partial charge is 0.317 e. The first-order chi connectivity index (χ1) is 20.7. The zero-order chi connectivity index (χ0) is 28.4. The summed E-state index contributed by atoms with van der Waals surface area (Å²) in [5, 5.41) is 7.05. The second-order valence-electron chi connectivity index (χ2n) is 10.6. The van der Waals surface area contributed by atoms with Gasteiger partial charge >= 0.3 is 6.03 Å². The standard InChI is InChI=1S/C39H30N2O/c42-37(40-38(29-17-5-1-6-18-29,30-19-7-2-8-20-30)31-21-9-3-10-22-31)41-39(32-23-11-4-12-24-32)35-27-15-13-25-33(35)34-26-14-16-28-36(34)39/h1-28H,(H2,40,41,42). The van der Waals surface area contributed by atoms with Crippen LogP contribution in [-0.2, 0) is 11.1 Å². The fourth-order valence-corrected chi connectivity index (χ4v) is 6.59. The third-order valence-electron chi connectivity index (χ3n) is 8.38. The van der Waals surface area contributed by atoms with Crippen LogP contribution in [0.3, 0.4) is 0 Å². The fourth-order valence-electron chi connectivity index (χ4n) is 6.59. The average Bonchev–Trinajstić information content (AvgIpc) is 3.35. The summed E-state index contributed by atoms with van der Waals surface area (Å²) in [4.78, 5) is 14.7. The second-order valence-corrected chi connectivity index (χ2v) is 10.6. The van der Waals surface area contributed by atoms with E-state index in [-0.39, 0.29) is 6.03 Å². The molecule has 6 aromatic rings. The summed E-state index contributed by atoms with van der Waals surface area (Å²) in [5.74, 6) is 0. The summed E-state index contributed by atoms with van der Waals surface area (Å²) in [6.45, 7) is 0. The topological polar surface area (TPSA) is 41.1 Å². The molecular weight excluding hydrogens is 512 g/mol. The highest BCUT2D eigenvalue weighted by atomic mass is 16.2. The molecule has 2 amide bonds. The SMILES string of the molecule is O=C(NC(c1ccccc1)(c1ccccc1)c1ccccc1)NC1(c2ccccc2)c2ccccc2-c2ccccc21. The van der Waals surface area contributed by atoms with E-state index in [0.29, 0.717) is 0 Å². The van der Waals surface area contributed by atoms with Gasteiger partial charge in [0.05, 0.1) is 0 Å². The van der Waals surface area contributed by atoms with E-state index in [1.54, 1.807) is 0 Å². The zero-order valence-corrected chi connectivity index (χ0v) is 23.1. The van der Waals surface area contributed by atoms with Crippen molar-refractivity contribution >= 4 is 6.03 Å². The van der Waals surface area contributed by atoms with E-state index in [1.165, 1.54) is 0 Å². The Hall–Kier alpha value is -5.41. The van der Waals surface area contributed by atoms with Crippen LogP contribution in [0.25, 0.3) is 11.1 Å². The molecule has 0 atom stereocenters. The largest absolute Gasteiger partial charge is 0.320 e. The number of fused-ring (bicyclic) bond motifs is 3. The first-order valence-corrected chi connectivity index (χ1v) is 14.3. The van der Waals surface area contributed by atoms with E-state index in [0.717, 1.165) is 44.5 Å². The van der Waals surface area contributed by atoms with Crippen molar-refractivity contribution in [3.05, 3.63) is 203 Å². The van der Waals surface area contributed by atoms with Crippen LogP contribution >= 0.6 is 0 Å². The van der Waals surface area contributed by atoms with Gasteiger partial charge < -0.3 is 10.6 Å². The molecular formula is C39H30N2O. The molecule has 0 saturated heterocycles. The number of benzene rings is 6. The van der Waals surface area contributed by atoms with Crippen molar-refractivity contribution in [2.45, 2.75) is 11.1 Å². The Balaban J connectivity index is 1.43. The number of nitrogens with one attached hydrogen (secondary N) is 2. The van der Waals surface area contributed by atoms with Gasteiger partial charge in [-0.05, 0) is 44.5 Å². The Labute approximate surface area is 246 Å². The van der Waals surface area contributed by atoms with Gasteiger partial charge in [0, 0.05) is 0 Å². The van der Waals surface area contributed by atoms with Crippen LogP contribution in [0.5, 0.6) is 0 Å². The fraction of sp³-hybridized carbons (Fsp3) is 0.0513. The van der Waals surface area contributed by atoms with Crippen LogP contribution < -0.4 is 10.6 Å². The predicted octanol–water partition coefficient (Wildman–Crippen LogP) is 8.25. The van der Waals surface area contributed by atoms with E-state index in [2.05, 4.69) is 95.6 Å². The minimum absolute atomic E-state index is 0.276. The van der Waals surface area contributed by atoms with E-state index in [1.807, 2.05) is 84.9 Å². The average molecular weight is 543 g/mol. The van der Waals surface area contributed by atoms with Gasteiger partial charge in [-0.2, -0.15) is 0 Å². The monoisotopic (exact) mass is 542 g/mol. The maximum Gasteiger partial charge on any atom is 0.317 e. The van der Waals surface area contributed by atoms with Crippen molar-refractivity contribution in [3.8, 4) is 11.1 Å². The summed E-state index contributed by atoms with van der Waals surface area (Å²) in [5.41, 5.74) is 6.44. The molecule has 0 saturated carbocycles. The predicted molar refractivity (Wildman–Crippen MR) is 169 cm³/mol. The van der Waals surface area contributed by atoms with Crippen molar-refractivity contribution in [1.82, 2.24) is 10.6 Å². The van der Waals surface area contributed by atoms with Gasteiger partial charge in [-0.25, -0.2) is 4.79 Å². The minimum Gasteiger partial charge on any atom is -0.320 e. The molecule has 1 aliphatic carbocycles. The minimum atomic E-state index is -0.941. The Kier molecular flexibility index (Phi) is 6.41. The van der Waals surface area contributed by atoms with Crippen LogP contribution in [0.15, 0.2) is 170 Å². The lowest BCUT2D eigenvalue weighted by atomic mass is 9.77. The quantitative estimate of drug-likeness (QED) is 0.204. The highest BCUT2D eigenvalue weighted by molar-refractivity contribution is 5.88. The third kappa shape index (κ3) is 4.02. The Morgan fingerprint density at radius 3 is 1.24 bits per heavy atom. The molecule has 0 spiro atoms. The molecule has 0 aromatic heterocycles. The highest BCUT2D eigenvalue weighted by Crippen LogP contribution is 2.51. The number of carbonyl (C=O) groups is 1. The normalized spacial score (nSPS) is 13.0. The van der Waals surface area contributed by atoms with Crippen molar-refractivity contribution in [3.63, 3.8) is 0 Å². The Morgan fingerprint density at radius 2 is 0.810 bits per heavy atom. The van der Waals surface area contributed by atoms with Crippen LogP contribution in [-0.4, -0.2) is 6.03 Å². The molecule has 1 aliphatic rings. The lowest BCUT2D eigenvalue weighted by Crippen LogP contribution is -2.56. The van der Waals surface area contributed by atoms with Crippen molar-refractivity contribution in [2.75, 3.05) is 0 Å². The molecule has 2 N–H and O–H groups in total. The lowest BCUT2D eigenvalue weighted by Gasteiger charge is -2.39. The Morgan fingerprint density at radius 1 is 0.452 bits per heavy atom. The zero-order valence-electron chi connectivity index (χ0n) is 23.1. The van der Waals surface area contributed by atoms with E-state index in [9.17, 15) is 4.79 Å². The summed E-state index contributed by atoms with van der Waals surface area (Å²) in [6.07, 6.45) is 0. The molecule has 0 heterocycles. The van der Waals surface area contributed by atoms with Gasteiger partial charge in [0.25, 0.3) is 0 Å². The third-order valence-corrected chi connectivity index (χ3v) is 8.38. The summed E-state index contributed by atoms with van der Waals surface area (Å²) in [6, 6.07) is 57.3. The molecule has 0 radical (unpaired) electrons. The first kappa shape index (κ1) is 25.6. The van der Waals surface area contributed by atoms with Gasteiger partial charge in [0.2, 0.25) is 0 Å². The van der Waals surface area contributed by atoms with Gasteiger partial charge in [-0.3, -0.25) is 0 Å². The molecule has 3 heteroatoms. The first-order valence-electron chi connectivity index (χ1n) is 14.3. The molecule has 0 bridgehead atoms. The number of urea groups is 1. The maximum atomic E-state index is 14.7. The molecule has 0 unspecified atom stereocenters. The summed E-state index contributed by atoms with van der Waals surface area (Å²) in [7, 11) is 0. The maximum absolute atomic E-state index is 14.7. The molecule has 6 aromatic carbocycles. The van der Waals surface area contributed by atoms with Crippen LogP contribution in [0.4, 0.5) is 4.79 Å². The second kappa shape index (κ2) is 10.5.